The van der Waals surface area contributed by atoms with Crippen molar-refractivity contribution in [1.29, 1.82) is 0 Å². The summed E-state index contributed by atoms with van der Waals surface area (Å²) in [7, 11) is 1.78. The average Bonchev–Trinajstić information content (AvgIpc) is 3.37. The molecular formula is C34H28F3N3O2. The van der Waals surface area contributed by atoms with Gasteiger partial charge in [0.05, 0.1) is 11.3 Å². The molecule has 0 saturated heterocycles. The molecule has 0 aliphatic heterocycles. The Morgan fingerprint density at radius 2 is 1.45 bits per heavy atom. The minimum Gasteiger partial charge on any atom is -0.335 e. The van der Waals surface area contributed by atoms with Crippen molar-refractivity contribution in [1.82, 2.24) is 4.57 Å². The van der Waals surface area contributed by atoms with E-state index in [1.54, 1.807) is 53.0 Å². The van der Waals surface area contributed by atoms with Crippen LogP contribution in [0, 0.1) is 0 Å². The van der Waals surface area contributed by atoms with Crippen LogP contribution in [0.4, 0.5) is 24.7 Å². The number of carbonyl (C=O) groups is 2. The highest BCUT2D eigenvalue weighted by Crippen LogP contribution is 2.32. The Balaban J connectivity index is 1.27. The molecule has 0 unspecified atom stereocenters. The van der Waals surface area contributed by atoms with E-state index < -0.39 is 17.6 Å². The van der Waals surface area contributed by atoms with Crippen LogP contribution in [0.2, 0.25) is 0 Å². The van der Waals surface area contributed by atoms with Crippen molar-refractivity contribution in [2.75, 3.05) is 16.8 Å². The van der Waals surface area contributed by atoms with Crippen LogP contribution in [0.1, 0.15) is 21.5 Å². The first-order valence-corrected chi connectivity index (χ1v) is 13.3. The van der Waals surface area contributed by atoms with Gasteiger partial charge in [-0.25, -0.2) is 0 Å². The average molecular weight is 568 g/mol. The molecular weight excluding hydrogens is 539 g/mol. The van der Waals surface area contributed by atoms with Crippen LogP contribution in [0.5, 0.6) is 0 Å². The van der Waals surface area contributed by atoms with Crippen LogP contribution in [-0.2, 0) is 24.4 Å². The summed E-state index contributed by atoms with van der Waals surface area (Å²) in [5.74, 6) is 0.191. The molecule has 5 rings (SSSR count). The first-order chi connectivity index (χ1) is 20.2. The standard InChI is InChI=1S/C34H28F3N3O2/c1-39-22-29(38-33(42)31-10-6-5-9-30(31)27-15-17-28(18-16-27)34(35,36)37)21-32(39)40(23-41)20-19-24-11-13-26(14-12-24)25-7-3-2-4-8-25/h2-18,21-23H,19-20H2,1H3,(H,38,42). The van der Waals surface area contributed by atoms with Crippen LogP contribution in [0.3, 0.4) is 0 Å². The van der Waals surface area contributed by atoms with Crippen molar-refractivity contribution in [2.45, 2.75) is 12.6 Å². The van der Waals surface area contributed by atoms with Crippen molar-refractivity contribution in [3.8, 4) is 22.3 Å². The third-order valence-corrected chi connectivity index (χ3v) is 7.06. The molecule has 5 nitrogen and oxygen atoms in total. The van der Waals surface area contributed by atoms with E-state index in [1.165, 1.54) is 12.1 Å². The van der Waals surface area contributed by atoms with E-state index in [-0.39, 0.29) is 0 Å². The highest BCUT2D eigenvalue weighted by Gasteiger charge is 2.30. The lowest BCUT2D eigenvalue weighted by atomic mass is 9.98. The predicted molar refractivity (Wildman–Crippen MR) is 159 cm³/mol. The molecule has 0 bridgehead atoms. The highest BCUT2D eigenvalue weighted by molar-refractivity contribution is 6.09. The Bertz CT molecular complexity index is 1680. The minimum atomic E-state index is -4.44. The maximum absolute atomic E-state index is 13.3. The van der Waals surface area contributed by atoms with Crippen molar-refractivity contribution in [3.63, 3.8) is 0 Å². The minimum absolute atomic E-state index is 0.314. The van der Waals surface area contributed by atoms with Gasteiger partial charge in [0.2, 0.25) is 6.41 Å². The SMILES string of the molecule is Cn1cc(NC(=O)c2ccccc2-c2ccc(C(F)(F)F)cc2)cc1N(C=O)CCc1ccc(-c2ccccc2)cc1. The first-order valence-electron chi connectivity index (χ1n) is 13.3. The van der Waals surface area contributed by atoms with Crippen molar-refractivity contribution >= 4 is 23.8 Å². The lowest BCUT2D eigenvalue weighted by Crippen LogP contribution is -2.25. The zero-order valence-electron chi connectivity index (χ0n) is 22.8. The summed E-state index contributed by atoms with van der Waals surface area (Å²) in [6.07, 6.45) is -1.33. The fourth-order valence-electron chi connectivity index (χ4n) is 4.84. The van der Waals surface area contributed by atoms with Crippen LogP contribution in [-0.4, -0.2) is 23.4 Å². The van der Waals surface area contributed by atoms with E-state index in [1.807, 2.05) is 18.2 Å². The summed E-state index contributed by atoms with van der Waals surface area (Å²) in [6.45, 7) is 0.441. The molecule has 0 fully saturated rings. The van der Waals surface area contributed by atoms with Crippen LogP contribution in [0.25, 0.3) is 22.3 Å². The third kappa shape index (κ3) is 6.44. The number of hydrogen-bond acceptors (Lipinski definition) is 2. The van der Waals surface area contributed by atoms with E-state index >= 15 is 0 Å². The maximum atomic E-state index is 13.3. The van der Waals surface area contributed by atoms with Crippen molar-refractivity contribution in [2.24, 2.45) is 7.05 Å². The van der Waals surface area contributed by atoms with E-state index in [2.05, 4.69) is 41.7 Å². The quantitative estimate of drug-likeness (QED) is 0.185. The van der Waals surface area contributed by atoms with Crippen LogP contribution < -0.4 is 10.2 Å². The molecule has 0 aliphatic carbocycles. The van der Waals surface area contributed by atoms with E-state index in [9.17, 15) is 22.8 Å². The smallest absolute Gasteiger partial charge is 0.335 e. The Labute approximate surface area is 241 Å². The Kier molecular flexibility index (Phi) is 8.24. The third-order valence-electron chi connectivity index (χ3n) is 7.06. The number of halogens is 3. The zero-order chi connectivity index (χ0) is 29.7. The second kappa shape index (κ2) is 12.2. The topological polar surface area (TPSA) is 54.3 Å². The number of aryl methyl sites for hydroxylation is 1. The number of hydrogen-bond donors (Lipinski definition) is 1. The molecule has 0 radical (unpaired) electrons. The van der Waals surface area contributed by atoms with E-state index in [4.69, 9.17) is 0 Å². The Morgan fingerprint density at radius 1 is 0.833 bits per heavy atom. The molecule has 1 N–H and O–H groups in total. The van der Waals surface area contributed by atoms with Gasteiger partial charge in [0.1, 0.15) is 5.82 Å². The number of aromatic nitrogens is 1. The van der Waals surface area contributed by atoms with E-state index in [0.717, 1.165) is 35.2 Å². The van der Waals surface area contributed by atoms with Gasteiger partial charge in [0.15, 0.2) is 0 Å². The number of rotatable bonds is 9. The summed E-state index contributed by atoms with van der Waals surface area (Å²) >= 11 is 0. The van der Waals surface area contributed by atoms with Gasteiger partial charge in [-0.1, -0.05) is 84.9 Å². The predicted octanol–water partition coefficient (Wildman–Crippen LogP) is 7.84. The van der Waals surface area contributed by atoms with Gasteiger partial charge in [-0.2, -0.15) is 13.2 Å². The molecule has 0 spiro atoms. The highest BCUT2D eigenvalue weighted by atomic mass is 19.4. The molecule has 212 valence electrons. The van der Waals surface area contributed by atoms with E-state index in [0.29, 0.717) is 41.2 Å². The number of anilines is 2. The largest absolute Gasteiger partial charge is 0.416 e. The van der Waals surface area contributed by atoms with Gasteiger partial charge in [-0.05, 0) is 52.4 Å². The molecule has 0 saturated carbocycles. The molecule has 5 aromatic rings. The number of nitrogens with one attached hydrogen (secondary N) is 1. The number of nitrogens with zero attached hydrogens (tertiary/aromatic N) is 2. The molecule has 4 aromatic carbocycles. The fraction of sp³-hybridized carbons (Fsp3) is 0.118. The van der Waals surface area contributed by atoms with Crippen LogP contribution >= 0.6 is 0 Å². The van der Waals surface area contributed by atoms with Crippen molar-refractivity contribution < 1.29 is 22.8 Å². The van der Waals surface area contributed by atoms with Crippen molar-refractivity contribution in [3.05, 3.63) is 132 Å². The number of benzene rings is 4. The number of amides is 2. The maximum Gasteiger partial charge on any atom is 0.416 e. The summed E-state index contributed by atoms with van der Waals surface area (Å²) < 4.78 is 40.8. The summed E-state index contributed by atoms with van der Waals surface area (Å²) in [5, 5.41) is 2.86. The van der Waals surface area contributed by atoms with Gasteiger partial charge in [-0.15, -0.1) is 0 Å². The van der Waals surface area contributed by atoms with Crippen LogP contribution in [0.15, 0.2) is 115 Å². The lowest BCUT2D eigenvalue weighted by Gasteiger charge is -2.18. The molecule has 1 aromatic heterocycles. The lowest BCUT2D eigenvalue weighted by molar-refractivity contribution is -0.137. The second-order valence-electron chi connectivity index (χ2n) is 9.88. The van der Waals surface area contributed by atoms with Gasteiger partial charge in [-0.3, -0.25) is 9.59 Å². The number of alkyl halides is 3. The molecule has 1 heterocycles. The Morgan fingerprint density at radius 3 is 2.12 bits per heavy atom. The van der Waals surface area contributed by atoms with Gasteiger partial charge >= 0.3 is 6.18 Å². The zero-order valence-corrected chi connectivity index (χ0v) is 22.8. The molecule has 8 heteroatoms. The van der Waals surface area contributed by atoms with Gasteiger partial charge < -0.3 is 14.8 Å². The monoisotopic (exact) mass is 567 g/mol. The normalized spacial score (nSPS) is 11.2. The summed E-state index contributed by atoms with van der Waals surface area (Å²) in [5.41, 5.74) is 4.39. The molecule has 0 aliphatic rings. The summed E-state index contributed by atoms with van der Waals surface area (Å²) in [6, 6.07) is 31.5. The fourth-order valence-corrected chi connectivity index (χ4v) is 4.84. The molecule has 0 atom stereocenters. The summed E-state index contributed by atoms with van der Waals surface area (Å²) in [4.78, 5) is 26.8. The van der Waals surface area contributed by atoms with Gasteiger partial charge in [0, 0.05) is 31.4 Å². The second-order valence-corrected chi connectivity index (χ2v) is 9.88. The Hall–Kier alpha value is -5.11. The molecule has 42 heavy (non-hydrogen) atoms. The molecule has 2 amide bonds. The first kappa shape index (κ1) is 28.4. The number of carbonyl (C=O) groups excluding carboxylic acids is 2. The van der Waals surface area contributed by atoms with Gasteiger partial charge in [0.25, 0.3) is 5.91 Å².